The number of methoxy groups -OCH3 is 2. The summed E-state index contributed by atoms with van der Waals surface area (Å²) in [6.07, 6.45) is 2.13. The van der Waals surface area contributed by atoms with Crippen LogP contribution in [-0.4, -0.2) is 20.5 Å². The first-order valence-corrected chi connectivity index (χ1v) is 4.46. The number of hydrogen-bond acceptors (Lipinski definition) is 3. The summed E-state index contributed by atoms with van der Waals surface area (Å²) in [5.41, 5.74) is 1.03. The van der Waals surface area contributed by atoms with E-state index in [9.17, 15) is 4.79 Å². The molecule has 1 aromatic carbocycles. The summed E-state index contributed by atoms with van der Waals surface area (Å²) in [6.45, 7) is 0. The first kappa shape index (κ1) is 10.6. The molecule has 76 valence electrons. The smallest absolute Gasteiger partial charge is 0.125 e. The zero-order chi connectivity index (χ0) is 10.4. The molecule has 3 heteroatoms. The molecule has 0 aromatic heterocycles. The van der Waals surface area contributed by atoms with Gasteiger partial charge in [0.15, 0.2) is 0 Å². The Hall–Kier alpha value is -1.51. The van der Waals surface area contributed by atoms with E-state index >= 15 is 0 Å². The van der Waals surface area contributed by atoms with E-state index in [0.29, 0.717) is 12.8 Å². The highest BCUT2D eigenvalue weighted by Crippen LogP contribution is 2.25. The Morgan fingerprint density at radius 3 is 2.64 bits per heavy atom. The van der Waals surface area contributed by atoms with Crippen LogP contribution in [0.2, 0.25) is 0 Å². The number of benzene rings is 1. The van der Waals surface area contributed by atoms with Gasteiger partial charge in [-0.3, -0.25) is 0 Å². The molecule has 0 unspecified atom stereocenters. The topological polar surface area (TPSA) is 35.5 Å². The predicted molar refractivity (Wildman–Crippen MR) is 53.9 cm³/mol. The Morgan fingerprint density at radius 2 is 2.07 bits per heavy atom. The highest BCUT2D eigenvalue weighted by atomic mass is 16.5. The summed E-state index contributed by atoms with van der Waals surface area (Å²) in [6, 6.07) is 5.60. The van der Waals surface area contributed by atoms with Crippen molar-refractivity contribution in [3.63, 3.8) is 0 Å². The van der Waals surface area contributed by atoms with Crippen LogP contribution in [0.1, 0.15) is 12.0 Å². The minimum Gasteiger partial charge on any atom is -0.497 e. The normalized spacial score (nSPS) is 9.57. The molecule has 0 saturated heterocycles. The molecule has 0 fully saturated rings. The minimum atomic E-state index is 0.517. The van der Waals surface area contributed by atoms with Gasteiger partial charge in [0.2, 0.25) is 0 Å². The van der Waals surface area contributed by atoms with Gasteiger partial charge in [-0.15, -0.1) is 0 Å². The van der Waals surface area contributed by atoms with Crippen LogP contribution in [-0.2, 0) is 11.2 Å². The Balaban J connectivity index is 2.87. The maximum Gasteiger partial charge on any atom is 0.125 e. The molecule has 14 heavy (non-hydrogen) atoms. The highest BCUT2D eigenvalue weighted by molar-refractivity contribution is 5.51. The molecule has 0 atom stereocenters. The van der Waals surface area contributed by atoms with Crippen LogP contribution in [0.25, 0.3) is 0 Å². The summed E-state index contributed by atoms with van der Waals surface area (Å²) in [4.78, 5) is 10.2. The maximum absolute atomic E-state index is 10.2. The monoisotopic (exact) mass is 194 g/mol. The second-order valence-corrected chi connectivity index (χ2v) is 2.88. The van der Waals surface area contributed by atoms with Gasteiger partial charge in [0.05, 0.1) is 14.2 Å². The largest absolute Gasteiger partial charge is 0.497 e. The van der Waals surface area contributed by atoms with Crippen molar-refractivity contribution >= 4 is 6.29 Å². The molecule has 1 rings (SSSR count). The molecule has 0 amide bonds. The predicted octanol–water partition coefficient (Wildman–Crippen LogP) is 1.84. The molecule has 0 N–H and O–H groups in total. The van der Waals surface area contributed by atoms with Crippen molar-refractivity contribution in [1.29, 1.82) is 0 Å². The first-order valence-electron chi connectivity index (χ1n) is 4.46. The molecule has 0 aliphatic heterocycles. The van der Waals surface area contributed by atoms with Gasteiger partial charge in [-0.1, -0.05) is 6.07 Å². The summed E-state index contributed by atoms with van der Waals surface area (Å²) < 4.78 is 10.3. The van der Waals surface area contributed by atoms with Crippen LogP contribution < -0.4 is 9.47 Å². The van der Waals surface area contributed by atoms with Crippen molar-refractivity contribution in [2.75, 3.05) is 14.2 Å². The lowest BCUT2D eigenvalue weighted by Gasteiger charge is -2.08. The highest BCUT2D eigenvalue weighted by Gasteiger charge is 2.03. The number of carbonyl (C=O) groups is 1. The quantitative estimate of drug-likeness (QED) is 0.671. The Kier molecular flexibility index (Phi) is 3.98. The van der Waals surface area contributed by atoms with E-state index < -0.39 is 0 Å². The lowest BCUT2D eigenvalue weighted by atomic mass is 10.1. The molecule has 0 heterocycles. The number of hydrogen-bond donors (Lipinski definition) is 0. The average molecular weight is 194 g/mol. The van der Waals surface area contributed by atoms with E-state index in [1.165, 1.54) is 0 Å². The maximum atomic E-state index is 10.2. The zero-order valence-corrected chi connectivity index (χ0v) is 8.45. The van der Waals surface area contributed by atoms with Crippen LogP contribution in [0, 0.1) is 0 Å². The van der Waals surface area contributed by atoms with Crippen molar-refractivity contribution in [3.8, 4) is 11.5 Å². The molecular formula is C11H14O3. The van der Waals surface area contributed by atoms with Crippen LogP contribution in [0.15, 0.2) is 18.2 Å². The molecule has 0 saturated carbocycles. The van der Waals surface area contributed by atoms with Gasteiger partial charge in [0.25, 0.3) is 0 Å². The van der Waals surface area contributed by atoms with Gasteiger partial charge < -0.3 is 14.3 Å². The van der Waals surface area contributed by atoms with E-state index in [-0.39, 0.29) is 0 Å². The third-order valence-corrected chi connectivity index (χ3v) is 2.03. The number of rotatable bonds is 5. The molecule has 0 aliphatic carbocycles. The second kappa shape index (κ2) is 5.27. The number of aryl methyl sites for hydroxylation is 1. The number of ether oxygens (including phenoxy) is 2. The van der Waals surface area contributed by atoms with E-state index in [1.54, 1.807) is 14.2 Å². The van der Waals surface area contributed by atoms with Crippen molar-refractivity contribution in [2.24, 2.45) is 0 Å². The van der Waals surface area contributed by atoms with E-state index in [0.717, 1.165) is 23.3 Å². The van der Waals surface area contributed by atoms with Gasteiger partial charge >= 0.3 is 0 Å². The Labute approximate surface area is 83.6 Å². The standard InChI is InChI=1S/C11H14O3/c1-13-10-6-5-9(4-3-7-12)11(8-10)14-2/h5-8H,3-4H2,1-2H3. The van der Waals surface area contributed by atoms with Crippen molar-refractivity contribution in [3.05, 3.63) is 23.8 Å². The Morgan fingerprint density at radius 1 is 1.29 bits per heavy atom. The van der Waals surface area contributed by atoms with E-state index in [4.69, 9.17) is 9.47 Å². The number of aldehydes is 1. The lowest BCUT2D eigenvalue weighted by Crippen LogP contribution is -1.94. The van der Waals surface area contributed by atoms with E-state index in [2.05, 4.69) is 0 Å². The summed E-state index contributed by atoms with van der Waals surface area (Å²) in [5, 5.41) is 0. The fraction of sp³-hybridized carbons (Fsp3) is 0.364. The summed E-state index contributed by atoms with van der Waals surface area (Å²) >= 11 is 0. The van der Waals surface area contributed by atoms with Crippen LogP contribution in [0.3, 0.4) is 0 Å². The molecule has 0 bridgehead atoms. The minimum absolute atomic E-state index is 0.517. The van der Waals surface area contributed by atoms with Crippen molar-refractivity contribution < 1.29 is 14.3 Å². The zero-order valence-electron chi connectivity index (χ0n) is 8.45. The molecule has 1 aromatic rings. The third kappa shape index (κ3) is 2.49. The van der Waals surface area contributed by atoms with Crippen LogP contribution in [0.4, 0.5) is 0 Å². The van der Waals surface area contributed by atoms with Crippen molar-refractivity contribution in [1.82, 2.24) is 0 Å². The number of carbonyl (C=O) groups excluding carboxylic acids is 1. The van der Waals surface area contributed by atoms with Crippen LogP contribution in [0.5, 0.6) is 11.5 Å². The van der Waals surface area contributed by atoms with Crippen LogP contribution >= 0.6 is 0 Å². The molecule has 3 nitrogen and oxygen atoms in total. The van der Waals surface area contributed by atoms with Gasteiger partial charge in [-0.25, -0.2) is 0 Å². The SMILES string of the molecule is COc1ccc(CCC=O)c(OC)c1. The lowest BCUT2D eigenvalue weighted by molar-refractivity contribution is -0.107. The third-order valence-electron chi connectivity index (χ3n) is 2.03. The van der Waals surface area contributed by atoms with Crippen molar-refractivity contribution in [2.45, 2.75) is 12.8 Å². The molecule has 0 aliphatic rings. The second-order valence-electron chi connectivity index (χ2n) is 2.88. The van der Waals surface area contributed by atoms with Gasteiger partial charge in [-0.05, 0) is 18.1 Å². The van der Waals surface area contributed by atoms with E-state index in [1.807, 2.05) is 18.2 Å². The first-order chi connectivity index (χ1) is 6.81. The molecule has 0 spiro atoms. The summed E-state index contributed by atoms with van der Waals surface area (Å²) in [7, 11) is 3.22. The van der Waals surface area contributed by atoms with Gasteiger partial charge in [0, 0.05) is 12.5 Å². The summed E-state index contributed by atoms with van der Waals surface area (Å²) in [5.74, 6) is 1.53. The molecular weight excluding hydrogens is 180 g/mol. The van der Waals surface area contributed by atoms with Gasteiger partial charge in [-0.2, -0.15) is 0 Å². The fourth-order valence-corrected chi connectivity index (χ4v) is 1.27. The van der Waals surface area contributed by atoms with Gasteiger partial charge in [0.1, 0.15) is 17.8 Å². The average Bonchev–Trinajstić information content (AvgIpc) is 2.26. The Bertz CT molecular complexity index is 307. The fourth-order valence-electron chi connectivity index (χ4n) is 1.27. The molecule has 0 radical (unpaired) electrons.